The standard InChI is InChI=1S/C29H38N4O2/c1-18-15-21-23-9-6-12-28(23,2)13-10-24(21)29(3)16-22(27(35)32(4)25(18)29)26(34)30-17-20-8-5-7-19-11-14-31-33(19)20/h5,7-8,11,14,21-24H,6,9-10,12-13,15-17H2,1-4H3,(H,30,34)/t21-,22?,23-,24+,28-,29+/m0/s1. The Bertz CT molecular complexity index is 1230. The van der Waals surface area contributed by atoms with Gasteiger partial charge in [-0.15, -0.1) is 0 Å². The molecular formula is C29H38N4O2. The molecule has 0 spiro atoms. The number of nitrogens with one attached hydrogen (secondary N) is 1. The molecule has 1 saturated heterocycles. The summed E-state index contributed by atoms with van der Waals surface area (Å²) in [7, 11) is 1.90. The highest BCUT2D eigenvalue weighted by Gasteiger charge is 2.60. The van der Waals surface area contributed by atoms with Crippen molar-refractivity contribution < 1.29 is 9.59 Å². The lowest BCUT2D eigenvalue weighted by molar-refractivity contribution is -0.149. The lowest BCUT2D eigenvalue weighted by Crippen LogP contribution is -2.58. The summed E-state index contributed by atoms with van der Waals surface area (Å²) < 4.78 is 1.84. The molecule has 6 atom stereocenters. The molecule has 1 unspecified atom stereocenters. The van der Waals surface area contributed by atoms with Crippen molar-refractivity contribution in [2.45, 2.75) is 72.3 Å². The van der Waals surface area contributed by atoms with Crippen LogP contribution in [0, 0.1) is 34.5 Å². The third kappa shape index (κ3) is 3.31. The van der Waals surface area contributed by atoms with Crippen LogP contribution in [-0.4, -0.2) is 33.4 Å². The van der Waals surface area contributed by atoms with Crippen molar-refractivity contribution in [1.29, 1.82) is 0 Å². The minimum absolute atomic E-state index is 0.0633. The lowest BCUT2D eigenvalue weighted by atomic mass is 9.48. The molecule has 1 aliphatic heterocycles. The van der Waals surface area contributed by atoms with E-state index in [1.54, 1.807) is 6.20 Å². The van der Waals surface area contributed by atoms with E-state index in [1.807, 2.05) is 40.7 Å². The SMILES string of the molecule is CC1=C2N(C)C(=O)C(C(=O)NCc3cccc4ccnn34)C[C@]2(C)[C@@H]2CC[C@]3(C)CCC[C@H]3[C@@H]2C1. The minimum Gasteiger partial charge on any atom is -0.350 e. The molecule has 1 N–H and O–H groups in total. The van der Waals surface area contributed by atoms with Gasteiger partial charge in [0.15, 0.2) is 0 Å². The molecular weight excluding hydrogens is 436 g/mol. The molecule has 6 rings (SSSR count). The molecule has 2 aromatic rings. The summed E-state index contributed by atoms with van der Waals surface area (Å²) >= 11 is 0. The van der Waals surface area contributed by atoms with E-state index in [-0.39, 0.29) is 17.2 Å². The number of nitrogens with zero attached hydrogens (tertiary/aromatic N) is 3. The Kier molecular flexibility index (Phi) is 5.17. The van der Waals surface area contributed by atoms with Gasteiger partial charge in [-0.25, -0.2) is 4.52 Å². The second kappa shape index (κ2) is 7.94. The Morgan fingerprint density at radius 1 is 1.17 bits per heavy atom. The number of amides is 2. The second-order valence-electron chi connectivity index (χ2n) is 12.3. The second-order valence-corrected chi connectivity index (χ2v) is 12.3. The summed E-state index contributed by atoms with van der Waals surface area (Å²) in [5.74, 6) is 1.13. The van der Waals surface area contributed by atoms with Crippen LogP contribution in [0.25, 0.3) is 5.52 Å². The van der Waals surface area contributed by atoms with Gasteiger partial charge in [-0.05, 0) is 86.8 Å². The molecule has 3 heterocycles. The van der Waals surface area contributed by atoms with Gasteiger partial charge in [-0.3, -0.25) is 9.59 Å². The fourth-order valence-electron chi connectivity index (χ4n) is 8.89. The first-order valence-corrected chi connectivity index (χ1v) is 13.4. The molecule has 2 aromatic heterocycles. The molecule has 6 nitrogen and oxygen atoms in total. The van der Waals surface area contributed by atoms with Gasteiger partial charge in [0, 0.05) is 24.4 Å². The zero-order valence-corrected chi connectivity index (χ0v) is 21.5. The first-order chi connectivity index (χ1) is 16.7. The Balaban J connectivity index is 1.27. The first kappa shape index (κ1) is 22.8. The van der Waals surface area contributed by atoms with E-state index in [4.69, 9.17) is 0 Å². The number of likely N-dealkylation sites (tertiary alicyclic amines) is 1. The van der Waals surface area contributed by atoms with Crippen LogP contribution >= 0.6 is 0 Å². The third-order valence-corrected chi connectivity index (χ3v) is 10.4. The number of carbonyl (C=O) groups excluding carboxylic acids is 2. The molecule has 186 valence electrons. The number of rotatable bonds is 3. The number of fused-ring (bicyclic) bond motifs is 6. The minimum atomic E-state index is -0.644. The van der Waals surface area contributed by atoms with Crippen LogP contribution in [0.2, 0.25) is 0 Å². The van der Waals surface area contributed by atoms with Crippen LogP contribution in [0.3, 0.4) is 0 Å². The summed E-state index contributed by atoms with van der Waals surface area (Å²) in [6.45, 7) is 7.47. The van der Waals surface area contributed by atoms with E-state index in [1.165, 1.54) is 43.4 Å². The van der Waals surface area contributed by atoms with Crippen molar-refractivity contribution in [2.24, 2.45) is 34.5 Å². The molecule has 4 aliphatic rings. The molecule has 6 heteroatoms. The van der Waals surface area contributed by atoms with Crippen molar-refractivity contribution in [2.75, 3.05) is 7.05 Å². The summed E-state index contributed by atoms with van der Waals surface area (Å²) in [6, 6.07) is 7.88. The van der Waals surface area contributed by atoms with Crippen LogP contribution < -0.4 is 5.32 Å². The van der Waals surface area contributed by atoms with E-state index in [0.717, 1.165) is 23.5 Å². The number of piperidine rings is 1. The molecule has 35 heavy (non-hydrogen) atoms. The Morgan fingerprint density at radius 3 is 2.83 bits per heavy atom. The number of hydrogen-bond donors (Lipinski definition) is 1. The number of hydrogen-bond acceptors (Lipinski definition) is 3. The summed E-state index contributed by atoms with van der Waals surface area (Å²) in [6.07, 6.45) is 10.0. The highest BCUT2D eigenvalue weighted by molar-refractivity contribution is 6.01. The normalized spacial score (nSPS) is 36.7. The number of allylic oxidation sites excluding steroid dienone is 2. The van der Waals surface area contributed by atoms with Crippen molar-refractivity contribution in [3.05, 3.63) is 47.4 Å². The van der Waals surface area contributed by atoms with Crippen molar-refractivity contribution in [3.8, 4) is 0 Å². The van der Waals surface area contributed by atoms with Gasteiger partial charge in [0.2, 0.25) is 11.8 Å². The average Bonchev–Trinajstić information content (AvgIpc) is 3.46. The summed E-state index contributed by atoms with van der Waals surface area (Å²) in [5.41, 5.74) is 4.82. The van der Waals surface area contributed by atoms with Crippen LogP contribution in [-0.2, 0) is 16.1 Å². The van der Waals surface area contributed by atoms with Crippen molar-refractivity contribution in [3.63, 3.8) is 0 Å². The fourth-order valence-corrected chi connectivity index (χ4v) is 8.89. The molecule has 0 aromatic carbocycles. The molecule has 3 fully saturated rings. The maximum Gasteiger partial charge on any atom is 0.239 e. The van der Waals surface area contributed by atoms with Crippen LogP contribution in [0.1, 0.15) is 71.4 Å². The van der Waals surface area contributed by atoms with Gasteiger partial charge < -0.3 is 10.2 Å². The molecule has 0 radical (unpaired) electrons. The van der Waals surface area contributed by atoms with Gasteiger partial charge >= 0.3 is 0 Å². The molecule has 3 aliphatic carbocycles. The largest absolute Gasteiger partial charge is 0.350 e. The molecule has 2 saturated carbocycles. The zero-order chi connectivity index (χ0) is 24.5. The highest BCUT2D eigenvalue weighted by atomic mass is 16.2. The van der Waals surface area contributed by atoms with Gasteiger partial charge in [0.1, 0.15) is 5.92 Å². The quantitative estimate of drug-likeness (QED) is 0.641. The Hall–Kier alpha value is -2.63. The van der Waals surface area contributed by atoms with Crippen LogP contribution in [0.4, 0.5) is 0 Å². The molecule has 2 amide bonds. The average molecular weight is 475 g/mol. The van der Waals surface area contributed by atoms with E-state index in [0.29, 0.717) is 30.2 Å². The van der Waals surface area contributed by atoms with Crippen molar-refractivity contribution >= 4 is 17.3 Å². The number of pyridine rings is 1. The van der Waals surface area contributed by atoms with E-state index >= 15 is 0 Å². The highest BCUT2D eigenvalue weighted by Crippen LogP contribution is 2.65. The number of aromatic nitrogens is 2. The summed E-state index contributed by atoms with van der Waals surface area (Å²) in [5, 5.41) is 7.45. The van der Waals surface area contributed by atoms with Crippen molar-refractivity contribution in [1.82, 2.24) is 19.8 Å². The van der Waals surface area contributed by atoms with E-state index in [9.17, 15) is 9.59 Å². The third-order valence-electron chi connectivity index (χ3n) is 10.4. The Labute approximate surface area is 208 Å². The topological polar surface area (TPSA) is 66.7 Å². The molecule has 0 bridgehead atoms. The predicted octanol–water partition coefficient (Wildman–Crippen LogP) is 4.95. The summed E-state index contributed by atoms with van der Waals surface area (Å²) in [4.78, 5) is 28.8. The Morgan fingerprint density at radius 2 is 2.00 bits per heavy atom. The maximum absolute atomic E-state index is 13.5. The maximum atomic E-state index is 13.5. The van der Waals surface area contributed by atoms with E-state index in [2.05, 4.69) is 31.2 Å². The van der Waals surface area contributed by atoms with Gasteiger partial charge in [0.05, 0.1) is 17.8 Å². The lowest BCUT2D eigenvalue weighted by Gasteiger charge is -2.59. The van der Waals surface area contributed by atoms with Crippen LogP contribution in [0.15, 0.2) is 41.7 Å². The van der Waals surface area contributed by atoms with Gasteiger partial charge in [0.25, 0.3) is 0 Å². The first-order valence-electron chi connectivity index (χ1n) is 13.4. The number of carbonyl (C=O) groups is 2. The van der Waals surface area contributed by atoms with E-state index < -0.39 is 5.92 Å². The van der Waals surface area contributed by atoms with Gasteiger partial charge in [-0.1, -0.05) is 31.9 Å². The van der Waals surface area contributed by atoms with Gasteiger partial charge in [-0.2, -0.15) is 5.10 Å². The monoisotopic (exact) mass is 474 g/mol. The smallest absolute Gasteiger partial charge is 0.239 e. The van der Waals surface area contributed by atoms with Crippen LogP contribution in [0.5, 0.6) is 0 Å². The predicted molar refractivity (Wildman–Crippen MR) is 135 cm³/mol. The fraction of sp³-hybridized carbons (Fsp3) is 0.621. The zero-order valence-electron chi connectivity index (χ0n) is 21.5.